The predicted molar refractivity (Wildman–Crippen MR) is 159 cm³/mol. The van der Waals surface area contributed by atoms with Crippen molar-refractivity contribution in [3.8, 4) is 0 Å². The van der Waals surface area contributed by atoms with Crippen LogP contribution in [0.3, 0.4) is 0 Å². The number of hydrogen-bond donors (Lipinski definition) is 1. The third kappa shape index (κ3) is 10.8. The van der Waals surface area contributed by atoms with Gasteiger partial charge in [0.05, 0.1) is 12.0 Å². The van der Waals surface area contributed by atoms with Crippen molar-refractivity contribution in [2.75, 3.05) is 18.5 Å². The lowest BCUT2D eigenvalue weighted by molar-refractivity contribution is -0.167. The molecule has 1 saturated carbocycles. The molecule has 1 aromatic rings. The number of rotatable bonds is 14. The van der Waals surface area contributed by atoms with Gasteiger partial charge in [0, 0.05) is 25.1 Å². The molecule has 7 nitrogen and oxygen atoms in total. The highest BCUT2D eigenvalue weighted by atomic mass is 16.6. The van der Waals surface area contributed by atoms with Gasteiger partial charge in [-0.2, -0.15) is 0 Å². The number of benzene rings is 1. The van der Waals surface area contributed by atoms with Gasteiger partial charge >= 0.3 is 17.9 Å². The number of anilines is 1. The number of nitrogens with one attached hydrogen (secondary N) is 1. The Morgan fingerprint density at radius 1 is 1.07 bits per heavy atom. The van der Waals surface area contributed by atoms with Crippen LogP contribution in [0.1, 0.15) is 130 Å². The molecule has 1 aliphatic heterocycles. The van der Waals surface area contributed by atoms with Crippen LogP contribution >= 0.6 is 0 Å². The molecule has 1 saturated heterocycles. The molecule has 1 heterocycles. The maximum atomic E-state index is 12.1. The highest BCUT2D eigenvalue weighted by Crippen LogP contribution is 2.36. The molecule has 0 amide bonds. The van der Waals surface area contributed by atoms with Crippen LogP contribution in [0.2, 0.25) is 0 Å². The van der Waals surface area contributed by atoms with Crippen LogP contribution in [0, 0.1) is 5.41 Å². The van der Waals surface area contributed by atoms with Crippen LogP contribution in [-0.4, -0.2) is 42.8 Å². The first-order valence-corrected chi connectivity index (χ1v) is 15.5. The second kappa shape index (κ2) is 16.6. The number of esters is 3. The molecule has 1 aliphatic carbocycles. The average Bonchev–Trinajstić information content (AvgIpc) is 3.59. The fourth-order valence-corrected chi connectivity index (χ4v) is 4.83. The predicted octanol–water partition coefficient (Wildman–Crippen LogP) is 7.72. The molecule has 0 radical (unpaired) electrons. The van der Waals surface area contributed by atoms with E-state index in [1.165, 1.54) is 30.5 Å². The van der Waals surface area contributed by atoms with Crippen molar-refractivity contribution in [1.29, 1.82) is 0 Å². The van der Waals surface area contributed by atoms with Gasteiger partial charge in [0.25, 0.3) is 0 Å². The third-order valence-electron chi connectivity index (χ3n) is 8.54. The van der Waals surface area contributed by atoms with E-state index in [-0.39, 0.29) is 17.5 Å². The summed E-state index contributed by atoms with van der Waals surface area (Å²) in [5.41, 5.74) is 1.93. The normalized spacial score (nSPS) is 18.8. The zero-order valence-corrected chi connectivity index (χ0v) is 25.8. The van der Waals surface area contributed by atoms with Crippen LogP contribution in [0.5, 0.6) is 0 Å². The lowest BCUT2D eigenvalue weighted by Crippen LogP contribution is -2.32. The van der Waals surface area contributed by atoms with Crippen molar-refractivity contribution < 1.29 is 28.6 Å². The lowest BCUT2D eigenvalue weighted by atomic mass is 9.90. The Labute approximate surface area is 242 Å². The SMILES string of the molecule is CCC(C)(C)C(=O)OC1CCOC1=O.CCC(C)c1ccc(NCCCCCC(=O)OC2(CC)CCCC2)cc1. The molecule has 226 valence electrons. The molecule has 0 bridgehead atoms. The topological polar surface area (TPSA) is 90.9 Å². The van der Waals surface area contributed by atoms with E-state index in [4.69, 9.17) is 14.2 Å². The highest BCUT2D eigenvalue weighted by Gasteiger charge is 2.36. The van der Waals surface area contributed by atoms with E-state index in [0.29, 0.717) is 31.8 Å². The first kappa shape index (κ1) is 33.6. The summed E-state index contributed by atoms with van der Waals surface area (Å²) in [5.74, 6) is -0.128. The molecule has 0 spiro atoms. The molecular weight excluding hydrogens is 506 g/mol. The van der Waals surface area contributed by atoms with E-state index in [1.54, 1.807) is 13.8 Å². The van der Waals surface area contributed by atoms with E-state index in [9.17, 15) is 14.4 Å². The van der Waals surface area contributed by atoms with E-state index >= 15 is 0 Å². The molecule has 1 aromatic carbocycles. The molecule has 40 heavy (non-hydrogen) atoms. The molecule has 2 fully saturated rings. The van der Waals surface area contributed by atoms with Crippen molar-refractivity contribution in [1.82, 2.24) is 0 Å². The molecule has 1 N–H and O–H groups in total. The zero-order chi connectivity index (χ0) is 29.6. The zero-order valence-electron chi connectivity index (χ0n) is 25.8. The minimum atomic E-state index is -0.687. The van der Waals surface area contributed by atoms with Crippen molar-refractivity contribution >= 4 is 23.6 Å². The number of ether oxygens (including phenoxy) is 3. The summed E-state index contributed by atoms with van der Waals surface area (Å²) < 4.78 is 15.6. The first-order chi connectivity index (χ1) is 19.1. The molecule has 3 rings (SSSR count). The van der Waals surface area contributed by atoms with Crippen LogP contribution in [0.15, 0.2) is 24.3 Å². The van der Waals surface area contributed by atoms with Gasteiger partial charge in [-0.15, -0.1) is 0 Å². The van der Waals surface area contributed by atoms with E-state index in [2.05, 4.69) is 50.4 Å². The van der Waals surface area contributed by atoms with Crippen LogP contribution in [0.4, 0.5) is 5.69 Å². The van der Waals surface area contributed by atoms with Gasteiger partial charge in [-0.1, -0.05) is 46.2 Å². The molecule has 7 heteroatoms. The third-order valence-corrected chi connectivity index (χ3v) is 8.54. The summed E-state index contributed by atoms with van der Waals surface area (Å²) >= 11 is 0. The van der Waals surface area contributed by atoms with Gasteiger partial charge in [-0.05, 0) is 95.2 Å². The van der Waals surface area contributed by atoms with Gasteiger partial charge in [0.2, 0.25) is 6.10 Å². The Kier molecular flexibility index (Phi) is 14.0. The van der Waals surface area contributed by atoms with Gasteiger partial charge in [-0.3, -0.25) is 9.59 Å². The van der Waals surface area contributed by atoms with Gasteiger partial charge in [-0.25, -0.2) is 4.79 Å². The Balaban J connectivity index is 0.000000337. The standard InChI is InChI=1S/C23H37NO2.C10H16O4/c1-4-19(3)20-12-14-21(15-13-20)24-18-10-6-7-11-22(25)26-23(5-2)16-8-9-17-23;1-4-10(2,3)9(12)14-7-5-6-13-8(7)11/h12-15,19,24H,4-11,16-18H2,1-3H3;7H,4-6H2,1-3H3. The van der Waals surface area contributed by atoms with E-state index in [0.717, 1.165) is 45.1 Å². The molecule has 2 unspecified atom stereocenters. The van der Waals surface area contributed by atoms with Gasteiger partial charge in [0.15, 0.2) is 0 Å². The summed E-state index contributed by atoms with van der Waals surface area (Å²) in [6.07, 6.45) is 10.7. The van der Waals surface area contributed by atoms with Crippen molar-refractivity contribution in [2.24, 2.45) is 5.41 Å². The Bertz CT molecular complexity index is 919. The number of hydrogen-bond acceptors (Lipinski definition) is 7. The fraction of sp³-hybridized carbons (Fsp3) is 0.727. The Morgan fingerprint density at radius 3 is 2.30 bits per heavy atom. The second-order valence-corrected chi connectivity index (χ2v) is 12.0. The smallest absolute Gasteiger partial charge is 0.347 e. The number of carbonyl (C=O) groups is 3. The molecular formula is C33H53NO6. The minimum absolute atomic E-state index is 0.00217. The van der Waals surface area contributed by atoms with Crippen molar-refractivity contribution in [2.45, 2.75) is 136 Å². The maximum Gasteiger partial charge on any atom is 0.347 e. The Morgan fingerprint density at radius 2 is 1.75 bits per heavy atom. The van der Waals surface area contributed by atoms with Crippen molar-refractivity contribution in [3.05, 3.63) is 29.8 Å². The summed E-state index contributed by atoms with van der Waals surface area (Å²) in [5, 5.41) is 3.47. The fourth-order valence-electron chi connectivity index (χ4n) is 4.83. The summed E-state index contributed by atoms with van der Waals surface area (Å²) in [6.45, 7) is 13.4. The lowest BCUT2D eigenvalue weighted by Gasteiger charge is -2.27. The van der Waals surface area contributed by atoms with E-state index in [1.807, 2.05) is 6.92 Å². The monoisotopic (exact) mass is 559 g/mol. The minimum Gasteiger partial charge on any atom is -0.463 e. The summed E-state index contributed by atoms with van der Waals surface area (Å²) in [6, 6.07) is 8.79. The maximum absolute atomic E-state index is 12.1. The molecule has 2 aliphatic rings. The van der Waals surface area contributed by atoms with Crippen molar-refractivity contribution in [3.63, 3.8) is 0 Å². The number of cyclic esters (lactones) is 1. The average molecular weight is 560 g/mol. The molecule has 2 atom stereocenters. The summed E-state index contributed by atoms with van der Waals surface area (Å²) in [4.78, 5) is 34.7. The van der Waals surface area contributed by atoms with Gasteiger partial charge < -0.3 is 19.5 Å². The summed E-state index contributed by atoms with van der Waals surface area (Å²) in [7, 11) is 0. The molecule has 0 aromatic heterocycles. The van der Waals surface area contributed by atoms with Crippen LogP contribution < -0.4 is 5.32 Å². The van der Waals surface area contributed by atoms with Crippen LogP contribution in [-0.2, 0) is 28.6 Å². The quantitative estimate of drug-likeness (QED) is 0.142. The second-order valence-electron chi connectivity index (χ2n) is 12.0. The number of unbranched alkanes of at least 4 members (excludes halogenated alkanes) is 2. The largest absolute Gasteiger partial charge is 0.463 e. The Hall–Kier alpha value is -2.57. The number of carbonyl (C=O) groups excluding carboxylic acids is 3. The van der Waals surface area contributed by atoms with E-state index < -0.39 is 17.5 Å². The van der Waals surface area contributed by atoms with Gasteiger partial charge in [0.1, 0.15) is 5.60 Å². The highest BCUT2D eigenvalue weighted by molar-refractivity contribution is 5.82. The first-order valence-electron chi connectivity index (χ1n) is 15.5. The van der Waals surface area contributed by atoms with Crippen LogP contribution in [0.25, 0.3) is 0 Å².